The normalized spacial score (nSPS) is 12.8. The third-order valence-electron chi connectivity index (χ3n) is 2.61. The van der Waals surface area contributed by atoms with Crippen LogP contribution in [0.15, 0.2) is 24.3 Å². The molecule has 1 aromatic rings. The number of anilines is 1. The molecule has 0 heterocycles. The van der Waals surface area contributed by atoms with Gasteiger partial charge in [0.25, 0.3) is 0 Å². The Bertz CT molecular complexity index is 424. The van der Waals surface area contributed by atoms with Crippen LogP contribution < -0.4 is 16.4 Å². The van der Waals surface area contributed by atoms with E-state index in [1.807, 2.05) is 52.0 Å². The lowest BCUT2D eigenvalue weighted by Crippen LogP contribution is -2.32. The Morgan fingerprint density at radius 1 is 1.30 bits per heavy atom. The molecule has 4 N–H and O–H groups in total. The van der Waals surface area contributed by atoms with Gasteiger partial charge < -0.3 is 15.8 Å². The molecule has 0 aliphatic carbocycles. The first kappa shape index (κ1) is 16.5. The fourth-order valence-corrected chi connectivity index (χ4v) is 1.50. The Morgan fingerprint density at radius 2 is 1.90 bits per heavy atom. The molecule has 112 valence electrons. The van der Waals surface area contributed by atoms with Crippen molar-refractivity contribution in [2.45, 2.75) is 45.9 Å². The SMILES string of the molecule is CC(CN)NCc1ccc(NC(=O)OC(C)(C)C)cc1. The second kappa shape index (κ2) is 7.26. The van der Waals surface area contributed by atoms with Gasteiger partial charge in [-0.3, -0.25) is 5.32 Å². The Kier molecular flexibility index (Phi) is 5.98. The van der Waals surface area contributed by atoms with Crippen molar-refractivity contribution in [1.29, 1.82) is 0 Å². The number of hydrogen-bond donors (Lipinski definition) is 3. The van der Waals surface area contributed by atoms with Crippen LogP contribution in [0, 0.1) is 0 Å². The van der Waals surface area contributed by atoms with E-state index < -0.39 is 11.7 Å². The second-order valence-electron chi connectivity index (χ2n) is 5.84. The van der Waals surface area contributed by atoms with E-state index in [2.05, 4.69) is 10.6 Å². The molecular weight excluding hydrogens is 254 g/mol. The van der Waals surface area contributed by atoms with E-state index in [9.17, 15) is 4.79 Å². The van der Waals surface area contributed by atoms with Gasteiger partial charge in [0.2, 0.25) is 0 Å². The van der Waals surface area contributed by atoms with Gasteiger partial charge in [0.15, 0.2) is 0 Å². The number of hydrogen-bond acceptors (Lipinski definition) is 4. The largest absolute Gasteiger partial charge is 0.444 e. The van der Waals surface area contributed by atoms with E-state index in [1.165, 1.54) is 0 Å². The second-order valence-corrected chi connectivity index (χ2v) is 5.84. The average Bonchev–Trinajstić information content (AvgIpc) is 2.35. The van der Waals surface area contributed by atoms with Gasteiger partial charge in [-0.15, -0.1) is 0 Å². The molecular formula is C15H25N3O2. The minimum Gasteiger partial charge on any atom is -0.444 e. The topological polar surface area (TPSA) is 76.4 Å². The third-order valence-corrected chi connectivity index (χ3v) is 2.61. The lowest BCUT2D eigenvalue weighted by Gasteiger charge is -2.19. The predicted octanol–water partition coefficient (Wildman–Crippen LogP) is 2.47. The molecule has 1 atom stereocenters. The maximum absolute atomic E-state index is 11.6. The monoisotopic (exact) mass is 279 g/mol. The summed E-state index contributed by atoms with van der Waals surface area (Å²) >= 11 is 0. The number of benzene rings is 1. The highest BCUT2D eigenvalue weighted by atomic mass is 16.6. The molecule has 1 aromatic carbocycles. The van der Waals surface area contributed by atoms with Crippen LogP contribution in [0.2, 0.25) is 0 Å². The fourth-order valence-electron chi connectivity index (χ4n) is 1.50. The first-order chi connectivity index (χ1) is 9.30. The predicted molar refractivity (Wildman–Crippen MR) is 81.7 cm³/mol. The minimum atomic E-state index is -0.494. The molecule has 0 aliphatic rings. The molecule has 0 aliphatic heterocycles. The summed E-state index contributed by atoms with van der Waals surface area (Å²) in [4.78, 5) is 11.6. The number of nitrogens with two attached hydrogens (primary N) is 1. The van der Waals surface area contributed by atoms with Crippen molar-refractivity contribution in [2.24, 2.45) is 5.73 Å². The van der Waals surface area contributed by atoms with Crippen LogP contribution in [-0.4, -0.2) is 24.3 Å². The fraction of sp³-hybridized carbons (Fsp3) is 0.533. The lowest BCUT2D eigenvalue weighted by molar-refractivity contribution is 0.0636. The third kappa shape index (κ3) is 6.54. The van der Waals surface area contributed by atoms with Gasteiger partial charge in [0.05, 0.1) is 0 Å². The van der Waals surface area contributed by atoms with Crippen LogP contribution in [-0.2, 0) is 11.3 Å². The van der Waals surface area contributed by atoms with Crippen LogP contribution >= 0.6 is 0 Å². The molecule has 0 saturated carbocycles. The van der Waals surface area contributed by atoms with Crippen LogP contribution in [0.25, 0.3) is 0 Å². The summed E-state index contributed by atoms with van der Waals surface area (Å²) in [6.07, 6.45) is -0.444. The summed E-state index contributed by atoms with van der Waals surface area (Å²) in [6.45, 7) is 8.90. The van der Waals surface area contributed by atoms with Crippen LogP contribution in [0.5, 0.6) is 0 Å². The smallest absolute Gasteiger partial charge is 0.412 e. The van der Waals surface area contributed by atoms with Gasteiger partial charge in [-0.05, 0) is 45.4 Å². The summed E-state index contributed by atoms with van der Waals surface area (Å²) < 4.78 is 5.19. The highest BCUT2D eigenvalue weighted by Gasteiger charge is 2.15. The quantitative estimate of drug-likeness (QED) is 0.774. The summed E-state index contributed by atoms with van der Waals surface area (Å²) in [5.74, 6) is 0. The average molecular weight is 279 g/mol. The molecule has 0 fully saturated rings. The van der Waals surface area contributed by atoms with Crippen molar-refractivity contribution in [1.82, 2.24) is 5.32 Å². The van der Waals surface area contributed by atoms with Gasteiger partial charge in [-0.2, -0.15) is 0 Å². The Balaban J connectivity index is 2.48. The van der Waals surface area contributed by atoms with Crippen molar-refractivity contribution in [3.8, 4) is 0 Å². The molecule has 0 bridgehead atoms. The minimum absolute atomic E-state index is 0.287. The standard InChI is InChI=1S/C15H25N3O2/c1-11(9-16)17-10-12-5-7-13(8-6-12)18-14(19)20-15(2,3)4/h5-8,11,17H,9-10,16H2,1-4H3,(H,18,19). The first-order valence-corrected chi connectivity index (χ1v) is 6.82. The van der Waals surface area contributed by atoms with Gasteiger partial charge in [0.1, 0.15) is 5.60 Å². The van der Waals surface area contributed by atoms with E-state index in [4.69, 9.17) is 10.5 Å². The van der Waals surface area contributed by atoms with Crippen molar-refractivity contribution in [3.05, 3.63) is 29.8 Å². The number of amides is 1. The van der Waals surface area contributed by atoms with Gasteiger partial charge in [-0.1, -0.05) is 12.1 Å². The number of nitrogens with one attached hydrogen (secondary N) is 2. The highest BCUT2D eigenvalue weighted by molar-refractivity contribution is 5.84. The van der Waals surface area contributed by atoms with E-state index in [1.54, 1.807) is 0 Å². The van der Waals surface area contributed by atoms with Crippen molar-refractivity contribution in [2.75, 3.05) is 11.9 Å². The van der Waals surface area contributed by atoms with Gasteiger partial charge in [0, 0.05) is 24.8 Å². The zero-order valence-corrected chi connectivity index (χ0v) is 12.7. The summed E-state index contributed by atoms with van der Waals surface area (Å²) in [7, 11) is 0. The molecule has 0 radical (unpaired) electrons. The molecule has 1 amide bonds. The number of ether oxygens (including phenoxy) is 1. The zero-order chi connectivity index (χ0) is 15.2. The Hall–Kier alpha value is -1.59. The lowest BCUT2D eigenvalue weighted by atomic mass is 10.2. The molecule has 0 spiro atoms. The summed E-state index contributed by atoms with van der Waals surface area (Å²) in [5, 5.41) is 6.00. The van der Waals surface area contributed by atoms with Gasteiger partial charge >= 0.3 is 6.09 Å². The molecule has 0 saturated heterocycles. The molecule has 20 heavy (non-hydrogen) atoms. The highest BCUT2D eigenvalue weighted by Crippen LogP contribution is 2.13. The van der Waals surface area contributed by atoms with Crippen LogP contribution in [0.4, 0.5) is 10.5 Å². The summed E-state index contributed by atoms with van der Waals surface area (Å²) in [5.41, 5.74) is 6.90. The van der Waals surface area contributed by atoms with Crippen molar-refractivity contribution < 1.29 is 9.53 Å². The maximum atomic E-state index is 11.6. The number of rotatable bonds is 5. The molecule has 5 heteroatoms. The van der Waals surface area contributed by atoms with E-state index in [-0.39, 0.29) is 6.04 Å². The van der Waals surface area contributed by atoms with E-state index in [0.29, 0.717) is 6.54 Å². The van der Waals surface area contributed by atoms with Crippen LogP contribution in [0.1, 0.15) is 33.3 Å². The number of carbonyl (C=O) groups is 1. The Morgan fingerprint density at radius 3 is 2.40 bits per heavy atom. The molecule has 5 nitrogen and oxygen atoms in total. The Labute approximate surface area is 120 Å². The van der Waals surface area contributed by atoms with Crippen molar-refractivity contribution in [3.63, 3.8) is 0 Å². The van der Waals surface area contributed by atoms with Crippen LogP contribution in [0.3, 0.4) is 0 Å². The zero-order valence-electron chi connectivity index (χ0n) is 12.7. The molecule has 1 rings (SSSR count). The first-order valence-electron chi connectivity index (χ1n) is 6.82. The van der Waals surface area contributed by atoms with Crippen molar-refractivity contribution >= 4 is 11.8 Å². The summed E-state index contributed by atoms with van der Waals surface area (Å²) in [6, 6.07) is 7.92. The van der Waals surface area contributed by atoms with E-state index >= 15 is 0 Å². The molecule has 1 unspecified atom stereocenters. The van der Waals surface area contributed by atoms with Gasteiger partial charge in [-0.25, -0.2) is 4.79 Å². The van der Waals surface area contributed by atoms with E-state index in [0.717, 1.165) is 17.8 Å². The number of carbonyl (C=O) groups excluding carboxylic acids is 1. The maximum Gasteiger partial charge on any atom is 0.412 e. The molecule has 0 aromatic heterocycles.